The summed E-state index contributed by atoms with van der Waals surface area (Å²) in [7, 11) is 0. The predicted octanol–water partition coefficient (Wildman–Crippen LogP) is 2.20. The Morgan fingerprint density at radius 3 is 2.25 bits per heavy atom. The minimum absolute atomic E-state index is 0.122. The average molecular weight is 282 g/mol. The number of aliphatic hydroxyl groups is 1. The van der Waals surface area contributed by atoms with Gasteiger partial charge < -0.3 is 9.84 Å². The van der Waals surface area contributed by atoms with Gasteiger partial charge in [-0.25, -0.2) is 4.39 Å². The van der Waals surface area contributed by atoms with Crippen LogP contribution in [0.3, 0.4) is 0 Å². The van der Waals surface area contributed by atoms with Crippen molar-refractivity contribution in [2.24, 2.45) is 11.8 Å². The predicted molar refractivity (Wildman–Crippen MR) is 71.7 cm³/mol. The summed E-state index contributed by atoms with van der Waals surface area (Å²) in [5.74, 6) is -3.37. The molecule has 20 heavy (non-hydrogen) atoms. The molecule has 2 unspecified atom stereocenters. The van der Waals surface area contributed by atoms with Crippen molar-refractivity contribution in [3.8, 4) is 0 Å². The number of halogens is 1. The van der Waals surface area contributed by atoms with Gasteiger partial charge in [-0.2, -0.15) is 0 Å². The number of esters is 1. The molecule has 0 radical (unpaired) electrons. The molecule has 0 saturated heterocycles. The fraction of sp³-hybridized carbons (Fsp3) is 0.467. The lowest BCUT2D eigenvalue weighted by atomic mass is 9.87. The van der Waals surface area contributed by atoms with E-state index in [0.29, 0.717) is 0 Å². The van der Waals surface area contributed by atoms with E-state index in [1.54, 1.807) is 20.8 Å². The van der Waals surface area contributed by atoms with Gasteiger partial charge in [-0.05, 0) is 37.1 Å². The zero-order chi connectivity index (χ0) is 15.3. The van der Waals surface area contributed by atoms with E-state index >= 15 is 0 Å². The van der Waals surface area contributed by atoms with E-state index in [4.69, 9.17) is 4.74 Å². The molecular formula is C15H19FO4. The molecule has 1 rings (SSSR count). The van der Waals surface area contributed by atoms with Crippen molar-refractivity contribution >= 4 is 11.8 Å². The summed E-state index contributed by atoms with van der Waals surface area (Å²) in [4.78, 5) is 24.2. The number of rotatable bonds is 6. The lowest BCUT2D eigenvalue weighted by Gasteiger charge is -2.23. The smallest absolute Gasteiger partial charge is 0.319 e. The van der Waals surface area contributed by atoms with Gasteiger partial charge in [0, 0.05) is 5.56 Å². The maximum atomic E-state index is 12.9. The second-order valence-corrected chi connectivity index (χ2v) is 4.84. The fourth-order valence-electron chi connectivity index (χ4n) is 1.81. The third-order valence-corrected chi connectivity index (χ3v) is 2.98. The van der Waals surface area contributed by atoms with E-state index in [1.807, 2.05) is 0 Å². The van der Waals surface area contributed by atoms with Crippen molar-refractivity contribution < 1.29 is 23.8 Å². The Balaban J connectivity index is 3.06. The molecule has 0 aromatic heterocycles. The minimum atomic E-state index is -1.29. The first-order chi connectivity index (χ1) is 9.38. The van der Waals surface area contributed by atoms with Crippen LogP contribution in [0.1, 0.15) is 31.1 Å². The van der Waals surface area contributed by atoms with E-state index in [2.05, 4.69) is 0 Å². The molecule has 4 nitrogen and oxygen atoms in total. The van der Waals surface area contributed by atoms with Crippen LogP contribution in [-0.4, -0.2) is 29.6 Å². The molecule has 0 fully saturated rings. The fourth-order valence-corrected chi connectivity index (χ4v) is 1.81. The highest BCUT2D eigenvalue weighted by Gasteiger charge is 2.37. The Bertz CT molecular complexity index is 467. The monoisotopic (exact) mass is 282 g/mol. The SMILES string of the molecule is CCOC(=O)C(C(=O)c1ccc(F)cc1)C(O)C(C)C. The maximum Gasteiger partial charge on any atom is 0.319 e. The van der Waals surface area contributed by atoms with Crippen molar-refractivity contribution in [3.05, 3.63) is 35.6 Å². The van der Waals surface area contributed by atoms with Crippen molar-refractivity contribution in [2.45, 2.75) is 26.9 Å². The van der Waals surface area contributed by atoms with Crippen LogP contribution in [0.2, 0.25) is 0 Å². The Labute approximate surface area is 117 Å². The number of benzene rings is 1. The van der Waals surface area contributed by atoms with Crippen LogP contribution in [0.25, 0.3) is 0 Å². The molecule has 1 aromatic rings. The number of hydrogen-bond donors (Lipinski definition) is 1. The molecule has 110 valence electrons. The van der Waals surface area contributed by atoms with Crippen LogP contribution in [0.15, 0.2) is 24.3 Å². The molecule has 5 heteroatoms. The first-order valence-corrected chi connectivity index (χ1v) is 6.53. The second-order valence-electron chi connectivity index (χ2n) is 4.84. The van der Waals surface area contributed by atoms with Gasteiger partial charge in [-0.15, -0.1) is 0 Å². The molecule has 1 aromatic carbocycles. The minimum Gasteiger partial charge on any atom is -0.465 e. The molecule has 1 N–H and O–H groups in total. The number of ketones is 1. The molecule has 0 amide bonds. The van der Waals surface area contributed by atoms with Crippen LogP contribution >= 0.6 is 0 Å². The Kier molecular flexibility index (Phi) is 5.82. The molecule has 0 aliphatic carbocycles. The molecular weight excluding hydrogens is 263 g/mol. The third-order valence-electron chi connectivity index (χ3n) is 2.98. The van der Waals surface area contributed by atoms with E-state index in [-0.39, 0.29) is 18.1 Å². The van der Waals surface area contributed by atoms with Gasteiger partial charge in [0.2, 0.25) is 0 Å². The van der Waals surface area contributed by atoms with Crippen LogP contribution in [0.5, 0.6) is 0 Å². The van der Waals surface area contributed by atoms with Crippen LogP contribution in [-0.2, 0) is 9.53 Å². The lowest BCUT2D eigenvalue weighted by Crippen LogP contribution is -2.39. The topological polar surface area (TPSA) is 63.6 Å². The molecule has 0 saturated carbocycles. The first-order valence-electron chi connectivity index (χ1n) is 6.53. The van der Waals surface area contributed by atoms with E-state index < -0.39 is 29.6 Å². The normalized spacial score (nSPS) is 13.9. The molecule has 0 aliphatic rings. The molecule has 0 spiro atoms. The first kappa shape index (κ1) is 16.3. The standard InChI is InChI=1S/C15H19FO4/c1-4-20-15(19)12(13(17)9(2)3)14(18)10-5-7-11(16)8-6-10/h5-9,12-13,17H,4H2,1-3H3. The van der Waals surface area contributed by atoms with E-state index in [9.17, 15) is 19.1 Å². The number of ether oxygens (including phenoxy) is 1. The highest BCUT2D eigenvalue weighted by molar-refractivity contribution is 6.09. The number of carbonyl (C=O) groups is 2. The van der Waals surface area contributed by atoms with Gasteiger partial charge in [0.05, 0.1) is 12.7 Å². The van der Waals surface area contributed by atoms with Crippen molar-refractivity contribution in [2.75, 3.05) is 6.61 Å². The molecule has 0 heterocycles. The summed E-state index contributed by atoms with van der Waals surface area (Å²) < 4.78 is 17.7. The summed E-state index contributed by atoms with van der Waals surface area (Å²) in [5.41, 5.74) is 0.171. The van der Waals surface area contributed by atoms with Crippen LogP contribution < -0.4 is 0 Å². The summed E-state index contributed by atoms with van der Waals surface area (Å²) in [6.45, 7) is 5.15. The summed E-state index contributed by atoms with van der Waals surface area (Å²) in [6, 6.07) is 4.85. The number of Topliss-reactive ketones (excluding diaryl/α,β-unsaturated/α-hetero) is 1. The van der Waals surface area contributed by atoms with Gasteiger partial charge in [0.1, 0.15) is 11.7 Å². The van der Waals surface area contributed by atoms with Crippen molar-refractivity contribution in [1.82, 2.24) is 0 Å². The summed E-state index contributed by atoms with van der Waals surface area (Å²) >= 11 is 0. The van der Waals surface area contributed by atoms with Gasteiger partial charge in [-0.1, -0.05) is 13.8 Å². The highest BCUT2D eigenvalue weighted by atomic mass is 19.1. The van der Waals surface area contributed by atoms with E-state index in [0.717, 1.165) is 12.1 Å². The number of aliphatic hydroxyl groups excluding tert-OH is 1. The van der Waals surface area contributed by atoms with Gasteiger partial charge >= 0.3 is 5.97 Å². The van der Waals surface area contributed by atoms with Crippen molar-refractivity contribution in [3.63, 3.8) is 0 Å². The quantitative estimate of drug-likeness (QED) is 0.493. The van der Waals surface area contributed by atoms with Gasteiger partial charge in [0.15, 0.2) is 5.78 Å². The number of carbonyl (C=O) groups excluding carboxylic acids is 2. The van der Waals surface area contributed by atoms with Crippen LogP contribution in [0, 0.1) is 17.7 Å². The second kappa shape index (κ2) is 7.14. The summed E-state index contributed by atoms with van der Waals surface area (Å²) in [5, 5.41) is 10.1. The lowest BCUT2D eigenvalue weighted by molar-refractivity contribution is -0.150. The Morgan fingerprint density at radius 1 is 1.25 bits per heavy atom. The highest BCUT2D eigenvalue weighted by Crippen LogP contribution is 2.20. The number of hydrogen-bond acceptors (Lipinski definition) is 4. The molecule has 0 aliphatic heterocycles. The summed E-state index contributed by atoms with van der Waals surface area (Å²) in [6.07, 6.45) is -1.15. The average Bonchev–Trinajstić information content (AvgIpc) is 2.39. The van der Waals surface area contributed by atoms with Crippen molar-refractivity contribution in [1.29, 1.82) is 0 Å². The largest absolute Gasteiger partial charge is 0.465 e. The molecule has 2 atom stereocenters. The zero-order valence-corrected chi connectivity index (χ0v) is 11.8. The maximum absolute atomic E-state index is 12.9. The van der Waals surface area contributed by atoms with Gasteiger partial charge in [-0.3, -0.25) is 9.59 Å². The van der Waals surface area contributed by atoms with Gasteiger partial charge in [0.25, 0.3) is 0 Å². The molecule has 0 bridgehead atoms. The van der Waals surface area contributed by atoms with Crippen LogP contribution in [0.4, 0.5) is 4.39 Å². The third kappa shape index (κ3) is 3.87. The zero-order valence-electron chi connectivity index (χ0n) is 11.8. The Hall–Kier alpha value is -1.75. The van der Waals surface area contributed by atoms with E-state index in [1.165, 1.54) is 12.1 Å². The Morgan fingerprint density at radius 2 is 1.80 bits per heavy atom.